The van der Waals surface area contributed by atoms with Crippen molar-refractivity contribution in [2.45, 2.75) is 39.5 Å². The molecular weight excluding hydrogens is 337 g/mol. The van der Waals surface area contributed by atoms with Crippen molar-refractivity contribution in [1.29, 1.82) is 0 Å². The van der Waals surface area contributed by atoms with Gasteiger partial charge in [0, 0.05) is 17.2 Å². The maximum Gasteiger partial charge on any atom is 0.419 e. The van der Waals surface area contributed by atoms with Gasteiger partial charge in [0.05, 0.1) is 11.7 Å². The number of nitrogens with one attached hydrogen (secondary N) is 1. The standard InChI is InChI=1S/C13H18BrF3N2O/c1-12(2,3)5-9(20)7-19-11-10(13(15,16)17)4-8(14)6-18-11/h4,6,9,20H,5,7H2,1-3H3,(H,18,19). The first kappa shape index (κ1) is 17.2. The number of hydrogen-bond acceptors (Lipinski definition) is 3. The third-order valence-corrected chi connectivity index (χ3v) is 2.95. The molecule has 0 aliphatic carbocycles. The highest BCUT2D eigenvalue weighted by Gasteiger charge is 2.34. The van der Waals surface area contributed by atoms with E-state index in [0.29, 0.717) is 6.42 Å². The van der Waals surface area contributed by atoms with E-state index in [1.807, 2.05) is 20.8 Å². The van der Waals surface area contributed by atoms with Gasteiger partial charge in [0.2, 0.25) is 0 Å². The lowest BCUT2D eigenvalue weighted by atomic mass is 9.89. The van der Waals surface area contributed by atoms with Crippen LogP contribution >= 0.6 is 15.9 Å². The van der Waals surface area contributed by atoms with E-state index in [2.05, 4.69) is 26.2 Å². The number of nitrogens with zero attached hydrogens (tertiary/aromatic N) is 1. The molecule has 7 heteroatoms. The predicted molar refractivity (Wildman–Crippen MR) is 75.5 cm³/mol. The van der Waals surface area contributed by atoms with Crippen LogP contribution in [0.25, 0.3) is 0 Å². The van der Waals surface area contributed by atoms with E-state index < -0.39 is 17.8 Å². The third kappa shape index (κ3) is 5.66. The number of rotatable bonds is 4. The molecule has 2 N–H and O–H groups in total. The summed E-state index contributed by atoms with van der Waals surface area (Å²) in [7, 11) is 0. The first-order valence-electron chi connectivity index (χ1n) is 6.14. The van der Waals surface area contributed by atoms with Gasteiger partial charge in [0.25, 0.3) is 0 Å². The van der Waals surface area contributed by atoms with E-state index in [4.69, 9.17) is 0 Å². The van der Waals surface area contributed by atoms with Crippen LogP contribution in [0.5, 0.6) is 0 Å². The van der Waals surface area contributed by atoms with Crippen LogP contribution < -0.4 is 5.32 Å². The van der Waals surface area contributed by atoms with Gasteiger partial charge < -0.3 is 10.4 Å². The quantitative estimate of drug-likeness (QED) is 0.856. The molecule has 0 saturated carbocycles. The molecule has 0 aliphatic heterocycles. The average molecular weight is 355 g/mol. The van der Waals surface area contributed by atoms with Crippen molar-refractivity contribution in [1.82, 2.24) is 4.98 Å². The molecule has 1 rings (SSSR count). The SMILES string of the molecule is CC(C)(C)CC(O)CNc1ncc(Br)cc1C(F)(F)F. The van der Waals surface area contributed by atoms with E-state index in [-0.39, 0.29) is 22.3 Å². The van der Waals surface area contributed by atoms with E-state index in [0.717, 1.165) is 6.07 Å². The summed E-state index contributed by atoms with van der Waals surface area (Å²) in [4.78, 5) is 3.72. The van der Waals surface area contributed by atoms with E-state index >= 15 is 0 Å². The predicted octanol–water partition coefficient (Wildman–Crippen LogP) is 4.07. The van der Waals surface area contributed by atoms with E-state index in [1.54, 1.807) is 0 Å². The Morgan fingerprint density at radius 3 is 2.45 bits per heavy atom. The summed E-state index contributed by atoms with van der Waals surface area (Å²) in [5.74, 6) is -0.270. The summed E-state index contributed by atoms with van der Waals surface area (Å²) in [6, 6.07) is 0.964. The largest absolute Gasteiger partial charge is 0.419 e. The van der Waals surface area contributed by atoms with Crippen LogP contribution in [-0.2, 0) is 6.18 Å². The number of hydrogen-bond donors (Lipinski definition) is 2. The van der Waals surface area contributed by atoms with Gasteiger partial charge in [-0.1, -0.05) is 20.8 Å². The van der Waals surface area contributed by atoms with Crippen LogP contribution in [0, 0.1) is 5.41 Å². The molecule has 0 radical (unpaired) electrons. The molecule has 0 aromatic carbocycles. The minimum atomic E-state index is -4.49. The Hall–Kier alpha value is -0.820. The molecule has 0 saturated heterocycles. The Bertz CT molecular complexity index is 458. The fourth-order valence-corrected chi connectivity index (χ4v) is 2.12. The fourth-order valence-electron chi connectivity index (χ4n) is 1.79. The summed E-state index contributed by atoms with van der Waals surface area (Å²) < 4.78 is 38.8. The van der Waals surface area contributed by atoms with Gasteiger partial charge in [-0.2, -0.15) is 13.2 Å². The number of aliphatic hydroxyl groups is 1. The van der Waals surface area contributed by atoms with Crippen molar-refractivity contribution in [3.63, 3.8) is 0 Å². The van der Waals surface area contributed by atoms with Crippen LogP contribution in [0.2, 0.25) is 0 Å². The lowest BCUT2D eigenvalue weighted by molar-refractivity contribution is -0.137. The molecule has 0 amide bonds. The maximum absolute atomic E-state index is 12.9. The van der Waals surface area contributed by atoms with Crippen LogP contribution in [0.4, 0.5) is 19.0 Å². The summed E-state index contributed by atoms with van der Waals surface area (Å²) in [5.41, 5.74) is -0.948. The molecule has 20 heavy (non-hydrogen) atoms. The lowest BCUT2D eigenvalue weighted by Gasteiger charge is -2.23. The smallest absolute Gasteiger partial charge is 0.391 e. The topological polar surface area (TPSA) is 45.1 Å². The van der Waals surface area contributed by atoms with Gasteiger partial charge in [0.1, 0.15) is 5.82 Å². The fraction of sp³-hybridized carbons (Fsp3) is 0.615. The first-order chi connectivity index (χ1) is 8.99. The second kappa shape index (κ2) is 6.30. The molecule has 0 spiro atoms. The summed E-state index contributed by atoms with van der Waals surface area (Å²) in [5, 5.41) is 12.4. The van der Waals surface area contributed by atoms with Crippen LogP contribution in [0.3, 0.4) is 0 Å². The zero-order chi connectivity index (χ0) is 15.6. The van der Waals surface area contributed by atoms with Crippen molar-refractivity contribution in [2.75, 3.05) is 11.9 Å². The Balaban J connectivity index is 2.78. The average Bonchev–Trinajstić information content (AvgIpc) is 2.23. The molecule has 1 unspecified atom stereocenters. The molecule has 1 atom stereocenters. The highest BCUT2D eigenvalue weighted by molar-refractivity contribution is 9.10. The minimum absolute atomic E-state index is 0.0228. The van der Waals surface area contributed by atoms with Gasteiger partial charge in [-0.3, -0.25) is 0 Å². The van der Waals surface area contributed by atoms with Crippen molar-refractivity contribution in [3.05, 3.63) is 22.3 Å². The lowest BCUT2D eigenvalue weighted by Crippen LogP contribution is -2.26. The number of alkyl halides is 3. The summed E-state index contributed by atoms with van der Waals surface area (Å²) in [6.45, 7) is 5.88. The normalized spacial score (nSPS) is 14.2. The van der Waals surface area contributed by atoms with E-state index in [9.17, 15) is 18.3 Å². The van der Waals surface area contributed by atoms with Gasteiger partial charge in [-0.05, 0) is 33.8 Å². The second-order valence-corrected chi connectivity index (χ2v) is 6.76. The minimum Gasteiger partial charge on any atom is -0.391 e. The van der Waals surface area contributed by atoms with Crippen LogP contribution in [0.15, 0.2) is 16.7 Å². The Kier molecular flexibility index (Phi) is 5.43. The van der Waals surface area contributed by atoms with Gasteiger partial charge in [-0.15, -0.1) is 0 Å². The third-order valence-electron chi connectivity index (χ3n) is 2.51. The molecule has 0 aliphatic rings. The van der Waals surface area contributed by atoms with Crippen molar-refractivity contribution in [2.24, 2.45) is 5.41 Å². The molecule has 1 heterocycles. The number of anilines is 1. The summed E-state index contributed by atoms with van der Waals surface area (Å²) >= 11 is 2.97. The Labute approximate surface area is 124 Å². The highest BCUT2D eigenvalue weighted by Crippen LogP contribution is 2.35. The molecule has 1 aromatic rings. The molecule has 114 valence electrons. The zero-order valence-electron chi connectivity index (χ0n) is 11.6. The van der Waals surface area contributed by atoms with E-state index in [1.165, 1.54) is 6.20 Å². The molecule has 1 aromatic heterocycles. The zero-order valence-corrected chi connectivity index (χ0v) is 13.1. The molecule has 0 fully saturated rings. The Morgan fingerprint density at radius 2 is 1.95 bits per heavy atom. The maximum atomic E-state index is 12.9. The molecule has 3 nitrogen and oxygen atoms in total. The number of pyridine rings is 1. The second-order valence-electron chi connectivity index (χ2n) is 5.85. The highest BCUT2D eigenvalue weighted by atomic mass is 79.9. The molecule has 0 bridgehead atoms. The van der Waals surface area contributed by atoms with Crippen molar-refractivity contribution in [3.8, 4) is 0 Å². The van der Waals surface area contributed by atoms with Crippen LogP contribution in [-0.4, -0.2) is 22.7 Å². The van der Waals surface area contributed by atoms with Crippen molar-refractivity contribution >= 4 is 21.7 Å². The van der Waals surface area contributed by atoms with Gasteiger partial charge >= 0.3 is 6.18 Å². The molecular formula is C13H18BrF3N2O. The summed E-state index contributed by atoms with van der Waals surface area (Å²) in [6.07, 6.45) is -3.46. The number of aromatic nitrogens is 1. The number of halogens is 4. The van der Waals surface area contributed by atoms with Crippen molar-refractivity contribution < 1.29 is 18.3 Å². The van der Waals surface area contributed by atoms with Gasteiger partial charge in [-0.25, -0.2) is 4.98 Å². The Morgan fingerprint density at radius 1 is 1.35 bits per heavy atom. The van der Waals surface area contributed by atoms with Crippen LogP contribution in [0.1, 0.15) is 32.8 Å². The monoisotopic (exact) mass is 354 g/mol. The first-order valence-corrected chi connectivity index (χ1v) is 6.93. The number of aliphatic hydroxyl groups excluding tert-OH is 1. The van der Waals surface area contributed by atoms with Gasteiger partial charge in [0.15, 0.2) is 0 Å².